The minimum absolute atomic E-state index is 0.0465. The molecule has 3 aliphatic carbocycles. The van der Waals surface area contributed by atoms with Crippen LogP contribution in [0.2, 0.25) is 0 Å². The molecule has 0 unspecified atom stereocenters. The Morgan fingerprint density at radius 3 is 1.54 bits per heavy atom. The van der Waals surface area contributed by atoms with Crippen LogP contribution in [-0.4, -0.2) is 27.7 Å². The predicted octanol–water partition coefficient (Wildman–Crippen LogP) is 13.5. The van der Waals surface area contributed by atoms with E-state index in [4.69, 9.17) is 24.1 Å². The standard InChI is InChI=1S/C25H26O.C18H33P.2ClH.Ru/c1-18(2)26-25-16-11-22(17-20(25)4)8-7-21-9-14-24(15-10-21)23-12-5-19(3)6-13-23;1-4-10-16(11-5-1)19(17-12-6-2-7-13-17)18-14-8-3-9-15-18;;;/h4-6,9-18H,7-8H2,1-3H3;16-18H,1-15H2;2*1H;/q;;;;+2/p-1. The van der Waals surface area contributed by atoms with Gasteiger partial charge in [0.1, 0.15) is 0 Å². The summed E-state index contributed by atoms with van der Waals surface area (Å²) in [5, 5.41) is 0. The van der Waals surface area contributed by atoms with Crippen molar-refractivity contribution in [3.63, 3.8) is 0 Å². The quantitative estimate of drug-likeness (QED) is 0.147. The summed E-state index contributed by atoms with van der Waals surface area (Å²) in [5.74, 6) is 0.853. The number of hydrogen-bond acceptors (Lipinski definition) is 1. The molecule has 48 heavy (non-hydrogen) atoms. The van der Waals surface area contributed by atoms with E-state index < -0.39 is 13.5 Å². The van der Waals surface area contributed by atoms with E-state index in [1.165, 1.54) is 44.8 Å². The molecule has 0 aromatic heterocycles. The zero-order valence-corrected chi connectivity index (χ0v) is 34.0. The minimum Gasteiger partial charge on any atom is -0.0587 e. The Morgan fingerprint density at radius 1 is 0.646 bits per heavy atom. The molecule has 3 aromatic rings. The molecule has 0 aliphatic heterocycles. The molecule has 0 saturated heterocycles. The van der Waals surface area contributed by atoms with Gasteiger partial charge in [-0.1, -0.05) is 37.0 Å². The number of hydrogen-bond donors (Lipinski definition) is 0. The van der Waals surface area contributed by atoms with Crippen LogP contribution in [0.15, 0.2) is 66.7 Å². The van der Waals surface area contributed by atoms with E-state index in [2.05, 4.69) is 67.6 Å². The third-order valence-electron chi connectivity index (χ3n) is 10.9. The minimum atomic E-state index is -1.91. The second-order valence-corrected chi connectivity index (χ2v) is 24.1. The van der Waals surface area contributed by atoms with Crippen LogP contribution in [0, 0.1) is 6.92 Å². The fraction of sp³-hybridized carbons (Fsp3) is 0.558. The fourth-order valence-electron chi connectivity index (χ4n) is 8.48. The van der Waals surface area contributed by atoms with E-state index in [1.807, 2.05) is 24.5 Å². The molecule has 3 aliphatic rings. The first-order valence-corrected chi connectivity index (χ1v) is 26.2. The van der Waals surface area contributed by atoms with Crippen LogP contribution >= 0.6 is 27.3 Å². The molecule has 0 bridgehead atoms. The van der Waals surface area contributed by atoms with Crippen molar-refractivity contribution in [1.29, 1.82) is 0 Å². The Labute approximate surface area is 307 Å². The van der Waals surface area contributed by atoms with Crippen molar-refractivity contribution in [2.45, 2.75) is 153 Å². The maximum atomic E-state index is 6.12. The van der Waals surface area contributed by atoms with Crippen LogP contribution in [0.5, 0.6) is 5.75 Å². The van der Waals surface area contributed by atoms with Gasteiger partial charge in [-0.05, 0) is 84.0 Å². The molecule has 264 valence electrons. The van der Waals surface area contributed by atoms with Crippen LogP contribution in [0.4, 0.5) is 0 Å². The van der Waals surface area contributed by atoms with Gasteiger partial charge in [-0.15, -0.1) is 0 Å². The molecule has 5 heteroatoms. The van der Waals surface area contributed by atoms with Gasteiger partial charge in [0.05, 0.1) is 17.0 Å². The van der Waals surface area contributed by atoms with E-state index >= 15 is 0 Å². The van der Waals surface area contributed by atoms with Crippen molar-refractivity contribution in [2.75, 3.05) is 0 Å². The van der Waals surface area contributed by atoms with Crippen molar-refractivity contribution < 1.29 is 18.3 Å². The number of benzene rings is 3. The van der Waals surface area contributed by atoms with Gasteiger partial charge in [0, 0.05) is 7.92 Å². The van der Waals surface area contributed by atoms with Crippen molar-refractivity contribution in [1.82, 2.24) is 0 Å². The van der Waals surface area contributed by atoms with Gasteiger partial charge in [-0.25, -0.2) is 0 Å². The SMILES string of the molecule is C1CCC([PH+](C2CCCCC2)C2CCCCC2)CC1.Cc1ccc(-c2ccc(CCc3ccc(OC(C)C)c([CH]=[Ru]([Cl])[Cl])c3)cc2)cc1. The van der Waals surface area contributed by atoms with Crippen LogP contribution in [0.3, 0.4) is 0 Å². The van der Waals surface area contributed by atoms with E-state index in [0.29, 0.717) is 0 Å². The Hall–Kier alpha value is -1.04. The van der Waals surface area contributed by atoms with Gasteiger partial charge in [-0.3, -0.25) is 0 Å². The smallest absolute Gasteiger partial charge is 0.0587 e. The Balaban J connectivity index is 0.000000204. The zero-order chi connectivity index (χ0) is 33.7. The number of halogens is 2. The van der Waals surface area contributed by atoms with E-state index in [9.17, 15) is 0 Å². The summed E-state index contributed by atoms with van der Waals surface area (Å²) in [7, 11) is 12.2. The van der Waals surface area contributed by atoms with E-state index in [-0.39, 0.29) is 14.0 Å². The molecule has 0 radical (unpaired) electrons. The summed E-state index contributed by atoms with van der Waals surface area (Å²) >= 11 is -1.91. The summed E-state index contributed by atoms with van der Waals surface area (Å²) in [5.41, 5.74) is 11.1. The van der Waals surface area contributed by atoms with Crippen molar-refractivity contribution in [3.8, 4) is 16.9 Å². The summed E-state index contributed by atoms with van der Waals surface area (Å²) in [6, 6.07) is 23.8. The molecule has 0 N–H and O–H groups in total. The average molecular weight is 796 g/mol. The molecule has 3 fully saturated rings. The summed E-state index contributed by atoms with van der Waals surface area (Å²) in [6.45, 7) is 6.16. The van der Waals surface area contributed by atoms with E-state index in [1.54, 1.807) is 96.3 Å². The zero-order valence-electron chi connectivity index (χ0n) is 29.8. The van der Waals surface area contributed by atoms with Crippen molar-refractivity contribution in [3.05, 3.63) is 89.0 Å². The Kier molecular flexibility index (Phi) is 16.0. The van der Waals surface area contributed by atoms with E-state index in [0.717, 1.165) is 24.2 Å². The number of rotatable bonds is 10. The predicted molar refractivity (Wildman–Crippen MR) is 212 cm³/mol. The van der Waals surface area contributed by atoms with Crippen molar-refractivity contribution >= 4 is 31.9 Å². The second-order valence-electron chi connectivity index (χ2n) is 14.9. The normalized spacial score (nSPS) is 18.4. The fourth-order valence-corrected chi connectivity index (χ4v) is 15.5. The van der Waals surface area contributed by atoms with Gasteiger partial charge in [-0.2, -0.15) is 0 Å². The molecule has 3 aromatic carbocycles. The number of ether oxygens (including phenoxy) is 1. The molecule has 0 amide bonds. The third-order valence-corrected chi connectivity index (χ3v) is 17.3. The summed E-state index contributed by atoms with van der Waals surface area (Å²) in [6.07, 6.45) is 25.9. The Bertz CT molecular complexity index is 1350. The third kappa shape index (κ3) is 12.0. The van der Waals surface area contributed by atoms with Gasteiger partial charge in [0.2, 0.25) is 0 Å². The average Bonchev–Trinajstić information content (AvgIpc) is 3.10. The molecule has 1 nitrogen and oxygen atoms in total. The maximum absolute atomic E-state index is 6.12. The van der Waals surface area contributed by atoms with Crippen LogP contribution in [0.1, 0.15) is 132 Å². The first kappa shape index (κ1) is 38.2. The van der Waals surface area contributed by atoms with Gasteiger partial charge >= 0.3 is 163 Å². The van der Waals surface area contributed by atoms with Gasteiger partial charge in [0.15, 0.2) is 0 Å². The topological polar surface area (TPSA) is 9.23 Å². The molecular formula is C43H60Cl2OPRu+. The van der Waals surface area contributed by atoms with Gasteiger partial charge < -0.3 is 0 Å². The van der Waals surface area contributed by atoms with Crippen LogP contribution < -0.4 is 4.74 Å². The first-order valence-electron chi connectivity index (χ1n) is 19.0. The first-order chi connectivity index (χ1) is 23.4. The molecular weight excluding hydrogens is 735 g/mol. The van der Waals surface area contributed by atoms with Crippen molar-refractivity contribution in [2.24, 2.45) is 0 Å². The number of aryl methyl sites for hydroxylation is 3. The Morgan fingerprint density at radius 2 is 1.08 bits per heavy atom. The monoisotopic (exact) mass is 795 g/mol. The summed E-state index contributed by atoms with van der Waals surface area (Å²) < 4.78 is 7.86. The molecule has 0 atom stereocenters. The van der Waals surface area contributed by atoms with Gasteiger partial charge in [0.25, 0.3) is 0 Å². The molecule has 0 heterocycles. The molecule has 0 spiro atoms. The van der Waals surface area contributed by atoms with Crippen LogP contribution in [-0.2, 0) is 26.4 Å². The molecule has 3 saturated carbocycles. The second kappa shape index (κ2) is 20.1. The molecule has 6 rings (SSSR count). The summed E-state index contributed by atoms with van der Waals surface area (Å²) in [4.78, 5) is 0. The van der Waals surface area contributed by atoms with Crippen LogP contribution in [0.25, 0.3) is 11.1 Å².